The van der Waals surface area contributed by atoms with E-state index < -0.39 is 17.0 Å². The van der Waals surface area contributed by atoms with Crippen molar-refractivity contribution in [2.24, 2.45) is 5.92 Å². The Kier molecular flexibility index (Phi) is 6.85. The molecular weight excluding hydrogens is 461 g/mol. The minimum atomic E-state index is -1.05. The summed E-state index contributed by atoms with van der Waals surface area (Å²) >= 11 is 4.45. The zero-order valence-corrected chi connectivity index (χ0v) is 18.4. The van der Waals surface area contributed by atoms with E-state index in [2.05, 4.69) is 15.9 Å². The van der Waals surface area contributed by atoms with Gasteiger partial charge in [0.15, 0.2) is 0 Å². The molecule has 3 rings (SSSR count). The number of carboxylic acids is 1. The number of fused-ring (bicyclic) bond motifs is 1. The van der Waals surface area contributed by atoms with Crippen molar-refractivity contribution in [3.63, 3.8) is 0 Å². The van der Waals surface area contributed by atoms with Crippen LogP contribution in [0.5, 0.6) is 5.75 Å². The number of nitrogens with zero attached hydrogens (tertiary/aromatic N) is 1. The average molecular weight is 482 g/mol. The van der Waals surface area contributed by atoms with Crippen molar-refractivity contribution < 1.29 is 23.8 Å². The number of carbonyl (C=O) groups excluding carboxylic acids is 1. The van der Waals surface area contributed by atoms with Gasteiger partial charge in [0.2, 0.25) is 5.91 Å². The quantitative estimate of drug-likeness (QED) is 0.595. The van der Waals surface area contributed by atoms with Gasteiger partial charge < -0.3 is 14.7 Å². The van der Waals surface area contributed by atoms with Gasteiger partial charge in [-0.05, 0) is 30.2 Å². The van der Waals surface area contributed by atoms with Crippen LogP contribution in [0.4, 0.5) is 10.1 Å². The molecule has 5 nitrogen and oxygen atoms in total. The van der Waals surface area contributed by atoms with E-state index >= 15 is 0 Å². The number of amides is 1. The van der Waals surface area contributed by atoms with E-state index in [1.54, 1.807) is 24.3 Å². The molecule has 0 bridgehead atoms. The maximum atomic E-state index is 14.4. The predicted octanol–water partition coefficient (Wildman–Crippen LogP) is 5.11. The van der Waals surface area contributed by atoms with Gasteiger partial charge in [-0.3, -0.25) is 9.59 Å². The van der Waals surface area contributed by atoms with Crippen LogP contribution in [-0.4, -0.2) is 28.8 Å². The molecule has 2 aromatic carbocycles. The summed E-state index contributed by atoms with van der Waals surface area (Å²) in [5, 5.41) is 8.42. The lowest BCUT2D eigenvalue weighted by molar-refractivity contribution is -0.138. The second-order valence-corrected chi connectivity index (χ2v) is 9.36. The van der Waals surface area contributed by atoms with Gasteiger partial charge in [0.05, 0.1) is 30.5 Å². The molecule has 154 valence electrons. The van der Waals surface area contributed by atoms with Crippen LogP contribution in [0, 0.1) is 11.7 Å². The lowest BCUT2D eigenvalue weighted by Gasteiger charge is -2.33. The van der Waals surface area contributed by atoms with Crippen LogP contribution in [-0.2, 0) is 16.1 Å². The summed E-state index contributed by atoms with van der Waals surface area (Å²) < 4.78 is 20.8. The van der Waals surface area contributed by atoms with Crippen LogP contribution in [0.1, 0.15) is 25.8 Å². The molecule has 0 fully saturated rings. The zero-order chi connectivity index (χ0) is 21.1. The third kappa shape index (κ3) is 5.30. The van der Waals surface area contributed by atoms with Crippen molar-refractivity contribution in [3.8, 4) is 5.75 Å². The largest absolute Gasteiger partial charge is 0.493 e. The van der Waals surface area contributed by atoms with Crippen molar-refractivity contribution in [1.82, 2.24) is 0 Å². The van der Waals surface area contributed by atoms with Crippen LogP contribution < -0.4 is 9.64 Å². The van der Waals surface area contributed by atoms with Crippen molar-refractivity contribution in [2.75, 3.05) is 11.5 Å². The fourth-order valence-electron chi connectivity index (χ4n) is 2.93. The van der Waals surface area contributed by atoms with E-state index in [0.717, 1.165) is 4.90 Å². The molecule has 1 aliphatic rings. The first-order chi connectivity index (χ1) is 13.7. The van der Waals surface area contributed by atoms with Gasteiger partial charge in [-0.1, -0.05) is 35.8 Å². The highest BCUT2D eigenvalue weighted by molar-refractivity contribution is 9.10. The van der Waals surface area contributed by atoms with Crippen LogP contribution in [0.3, 0.4) is 0 Å². The third-order valence-electron chi connectivity index (χ3n) is 4.32. The number of rotatable bonds is 7. The van der Waals surface area contributed by atoms with Crippen LogP contribution in [0.2, 0.25) is 0 Å². The Bertz CT molecular complexity index is 937. The highest BCUT2D eigenvalue weighted by atomic mass is 79.9. The summed E-state index contributed by atoms with van der Waals surface area (Å²) in [4.78, 5) is 26.5. The summed E-state index contributed by atoms with van der Waals surface area (Å²) in [7, 11) is 0. The fourth-order valence-corrected chi connectivity index (χ4v) is 4.46. The van der Waals surface area contributed by atoms with Gasteiger partial charge in [-0.25, -0.2) is 4.39 Å². The predicted molar refractivity (Wildman–Crippen MR) is 114 cm³/mol. The molecule has 1 amide bonds. The zero-order valence-electron chi connectivity index (χ0n) is 16.0. The minimum absolute atomic E-state index is 0.00919. The molecule has 0 saturated heterocycles. The number of aliphatic carboxylic acids is 1. The Balaban J connectivity index is 1.97. The van der Waals surface area contributed by atoms with Gasteiger partial charge in [0.25, 0.3) is 0 Å². The number of benzene rings is 2. The first-order valence-corrected chi connectivity index (χ1v) is 10.8. The topological polar surface area (TPSA) is 66.8 Å². The number of carbonyl (C=O) groups is 2. The van der Waals surface area contributed by atoms with E-state index in [9.17, 15) is 19.1 Å². The van der Waals surface area contributed by atoms with Gasteiger partial charge in [0, 0.05) is 21.0 Å². The molecular formula is C21H21BrFNO4S. The lowest BCUT2D eigenvalue weighted by Crippen LogP contribution is -2.41. The number of halogens is 2. The minimum Gasteiger partial charge on any atom is -0.493 e. The van der Waals surface area contributed by atoms with Crippen molar-refractivity contribution >= 4 is 45.3 Å². The van der Waals surface area contributed by atoms with Crippen LogP contribution >= 0.6 is 27.7 Å². The Labute approximate surface area is 181 Å². The van der Waals surface area contributed by atoms with Crippen LogP contribution in [0.15, 0.2) is 45.8 Å². The first-order valence-electron chi connectivity index (χ1n) is 9.15. The Morgan fingerprint density at radius 1 is 1.31 bits per heavy atom. The smallest absolute Gasteiger partial charge is 0.305 e. The molecule has 2 aromatic rings. The second kappa shape index (κ2) is 9.17. The number of hydrogen-bond donors (Lipinski definition) is 1. The van der Waals surface area contributed by atoms with E-state index in [0.29, 0.717) is 34.0 Å². The van der Waals surface area contributed by atoms with Gasteiger partial charge in [0.1, 0.15) is 11.6 Å². The second-order valence-electron chi connectivity index (χ2n) is 7.20. The monoisotopic (exact) mass is 481 g/mol. The Morgan fingerprint density at radius 3 is 2.72 bits per heavy atom. The Hall–Kier alpha value is -2.06. The first kappa shape index (κ1) is 21.6. The van der Waals surface area contributed by atoms with E-state index in [1.807, 2.05) is 19.9 Å². The molecule has 1 N–H and O–H groups in total. The third-order valence-corrected chi connectivity index (χ3v) is 6.06. The average Bonchev–Trinajstić information content (AvgIpc) is 2.64. The maximum absolute atomic E-state index is 14.4. The molecule has 1 unspecified atom stereocenters. The highest BCUT2D eigenvalue weighted by Crippen LogP contribution is 2.43. The molecule has 0 saturated carbocycles. The summed E-state index contributed by atoms with van der Waals surface area (Å²) in [6.07, 6.45) is -0.298. The summed E-state index contributed by atoms with van der Waals surface area (Å²) in [5.41, 5.74) is 0.951. The van der Waals surface area contributed by atoms with E-state index in [4.69, 9.17) is 4.74 Å². The SMILES string of the molecule is CC(C)COc1ccc2c(c1)N(Cc1ccc(Br)cc1F)C(=O)C(CC(=O)O)S2. The fraction of sp³-hybridized carbons (Fsp3) is 0.333. The standard InChI is InChI=1S/C21H21BrFNO4S/c1-12(2)11-28-15-5-6-18-17(8-15)24(21(27)19(29-18)9-20(25)26)10-13-3-4-14(22)7-16(13)23/h3-8,12,19H,9-11H2,1-2H3,(H,25,26). The highest BCUT2D eigenvalue weighted by Gasteiger charge is 2.35. The van der Waals surface area contributed by atoms with Gasteiger partial charge in [-0.2, -0.15) is 0 Å². The molecule has 0 aliphatic carbocycles. The number of carboxylic acid groups (broad SMARTS) is 1. The normalized spacial score (nSPS) is 16.1. The molecule has 29 heavy (non-hydrogen) atoms. The number of ether oxygens (including phenoxy) is 1. The van der Waals surface area contributed by atoms with E-state index in [1.165, 1.54) is 22.7 Å². The molecule has 0 spiro atoms. The van der Waals surface area contributed by atoms with Gasteiger partial charge in [-0.15, -0.1) is 11.8 Å². The number of thioether (sulfide) groups is 1. The molecule has 1 aliphatic heterocycles. The molecule has 1 atom stereocenters. The van der Waals surface area contributed by atoms with Crippen molar-refractivity contribution in [2.45, 2.75) is 37.0 Å². The number of hydrogen-bond acceptors (Lipinski definition) is 4. The van der Waals surface area contributed by atoms with Crippen LogP contribution in [0.25, 0.3) is 0 Å². The van der Waals surface area contributed by atoms with Crippen molar-refractivity contribution in [1.29, 1.82) is 0 Å². The molecule has 0 aromatic heterocycles. The molecule has 0 radical (unpaired) electrons. The lowest BCUT2D eigenvalue weighted by atomic mass is 10.1. The summed E-state index contributed by atoms with van der Waals surface area (Å²) in [6.45, 7) is 4.62. The maximum Gasteiger partial charge on any atom is 0.305 e. The summed E-state index contributed by atoms with van der Waals surface area (Å²) in [5.74, 6) is -0.883. The van der Waals surface area contributed by atoms with E-state index in [-0.39, 0.29) is 18.9 Å². The number of anilines is 1. The Morgan fingerprint density at radius 2 is 2.07 bits per heavy atom. The molecule has 1 heterocycles. The molecule has 8 heteroatoms. The van der Waals surface area contributed by atoms with Crippen molar-refractivity contribution in [3.05, 3.63) is 52.3 Å². The summed E-state index contributed by atoms with van der Waals surface area (Å²) in [6, 6.07) is 10.0. The van der Waals surface area contributed by atoms with Gasteiger partial charge >= 0.3 is 5.97 Å².